The van der Waals surface area contributed by atoms with Crippen LogP contribution in [0.1, 0.15) is 47.3 Å². The van der Waals surface area contributed by atoms with Gasteiger partial charge >= 0.3 is 6.03 Å². The van der Waals surface area contributed by atoms with Crippen molar-refractivity contribution in [2.75, 3.05) is 5.32 Å². The van der Waals surface area contributed by atoms with Gasteiger partial charge in [0, 0.05) is 17.3 Å². The van der Waals surface area contributed by atoms with Crippen LogP contribution >= 0.6 is 0 Å². The second-order valence-electron chi connectivity index (χ2n) is 6.77. The minimum atomic E-state index is -0.966. The van der Waals surface area contributed by atoms with Crippen molar-refractivity contribution in [2.45, 2.75) is 38.8 Å². The van der Waals surface area contributed by atoms with Crippen molar-refractivity contribution < 1.29 is 18.4 Å². The number of benzene rings is 2. The molecule has 3 rings (SSSR count). The van der Waals surface area contributed by atoms with Crippen LogP contribution in [0, 0.1) is 18.6 Å². The van der Waals surface area contributed by atoms with E-state index in [1.54, 1.807) is 25.1 Å². The van der Waals surface area contributed by atoms with Gasteiger partial charge in [-0.2, -0.15) is 0 Å². The van der Waals surface area contributed by atoms with Crippen molar-refractivity contribution in [3.05, 3.63) is 64.7 Å². The highest BCUT2D eigenvalue weighted by Crippen LogP contribution is 2.22. The Morgan fingerprint density at radius 3 is 2.48 bits per heavy atom. The first-order valence-corrected chi connectivity index (χ1v) is 8.77. The second kappa shape index (κ2) is 7.73. The Kier molecular flexibility index (Phi) is 5.39. The quantitative estimate of drug-likeness (QED) is 0.740. The van der Waals surface area contributed by atoms with Gasteiger partial charge in [-0.05, 0) is 62.1 Å². The van der Waals surface area contributed by atoms with E-state index in [0.29, 0.717) is 16.8 Å². The van der Waals surface area contributed by atoms with Crippen molar-refractivity contribution in [1.29, 1.82) is 0 Å². The van der Waals surface area contributed by atoms with Crippen LogP contribution in [0.5, 0.6) is 0 Å². The molecule has 7 heteroatoms. The first-order valence-electron chi connectivity index (χ1n) is 8.77. The molecule has 27 heavy (non-hydrogen) atoms. The van der Waals surface area contributed by atoms with E-state index in [0.717, 1.165) is 30.5 Å². The number of hydrogen-bond acceptors (Lipinski definition) is 2. The molecule has 0 radical (unpaired) electrons. The fraction of sp³-hybridized carbons (Fsp3) is 0.300. The molecule has 1 saturated carbocycles. The Morgan fingerprint density at radius 1 is 1.07 bits per heavy atom. The lowest BCUT2D eigenvalue weighted by molar-refractivity contribution is 0.0951. The Hall–Kier alpha value is -2.96. The summed E-state index contributed by atoms with van der Waals surface area (Å²) in [6.07, 6.45) is 1.99. The van der Waals surface area contributed by atoms with Gasteiger partial charge in [0.2, 0.25) is 0 Å². The van der Waals surface area contributed by atoms with Gasteiger partial charge in [0.1, 0.15) is 0 Å². The zero-order valence-corrected chi connectivity index (χ0v) is 15.1. The summed E-state index contributed by atoms with van der Waals surface area (Å²) in [5.41, 5.74) is 2.22. The van der Waals surface area contributed by atoms with Gasteiger partial charge in [0.25, 0.3) is 5.91 Å². The van der Waals surface area contributed by atoms with Crippen LogP contribution in [-0.4, -0.2) is 18.0 Å². The molecule has 1 atom stereocenters. The molecule has 0 spiro atoms. The maximum absolute atomic E-state index is 13.4. The predicted octanol–water partition coefficient (Wildman–Crippen LogP) is 4.05. The predicted molar refractivity (Wildman–Crippen MR) is 98.6 cm³/mol. The summed E-state index contributed by atoms with van der Waals surface area (Å²) >= 11 is 0. The highest BCUT2D eigenvalue weighted by molar-refractivity contribution is 5.97. The van der Waals surface area contributed by atoms with Crippen molar-refractivity contribution >= 4 is 17.6 Å². The molecule has 0 unspecified atom stereocenters. The number of hydrogen-bond donors (Lipinski definition) is 3. The Balaban J connectivity index is 1.65. The Labute approximate surface area is 156 Å². The third-order valence-electron chi connectivity index (χ3n) is 4.45. The SMILES string of the molecule is Cc1ccc(C(=O)NC2CC2)cc1NC(=O)N[C@H](C)c1ccc(F)c(F)c1. The van der Waals surface area contributed by atoms with Crippen LogP contribution in [0.3, 0.4) is 0 Å². The largest absolute Gasteiger partial charge is 0.349 e. The number of urea groups is 1. The zero-order chi connectivity index (χ0) is 19.6. The topological polar surface area (TPSA) is 70.2 Å². The molecule has 0 heterocycles. The van der Waals surface area contributed by atoms with Gasteiger partial charge in [-0.1, -0.05) is 12.1 Å². The molecule has 0 bridgehead atoms. The molecule has 0 saturated heterocycles. The van der Waals surface area contributed by atoms with E-state index in [1.165, 1.54) is 6.07 Å². The fourth-order valence-corrected chi connectivity index (χ4v) is 2.61. The molecule has 142 valence electrons. The highest BCUT2D eigenvalue weighted by Gasteiger charge is 2.24. The molecule has 3 N–H and O–H groups in total. The summed E-state index contributed by atoms with van der Waals surface area (Å²) in [6.45, 7) is 3.48. The standard InChI is InChI=1S/C20H21F2N3O2/c1-11-3-4-14(19(26)24-15-6-7-15)10-18(11)25-20(27)23-12(2)13-5-8-16(21)17(22)9-13/h3-5,8-10,12,15H,6-7H2,1-2H3,(H,24,26)(H2,23,25,27)/t12-/m1/s1. The normalized spacial score (nSPS) is 14.4. The van der Waals surface area contributed by atoms with Crippen molar-refractivity contribution in [1.82, 2.24) is 10.6 Å². The lowest BCUT2D eigenvalue weighted by Gasteiger charge is -2.16. The molecule has 0 aliphatic heterocycles. The minimum absolute atomic E-state index is 0.170. The summed E-state index contributed by atoms with van der Waals surface area (Å²) in [5.74, 6) is -2.07. The van der Waals surface area contributed by atoms with E-state index in [9.17, 15) is 18.4 Å². The Morgan fingerprint density at radius 2 is 1.81 bits per heavy atom. The average molecular weight is 373 g/mol. The summed E-state index contributed by atoms with van der Waals surface area (Å²) in [5, 5.41) is 8.27. The van der Waals surface area contributed by atoms with E-state index >= 15 is 0 Å². The third kappa shape index (κ3) is 4.81. The van der Waals surface area contributed by atoms with Crippen LogP contribution < -0.4 is 16.0 Å². The number of rotatable bonds is 5. The van der Waals surface area contributed by atoms with Crippen molar-refractivity contribution in [2.24, 2.45) is 0 Å². The van der Waals surface area contributed by atoms with E-state index in [2.05, 4.69) is 16.0 Å². The highest BCUT2D eigenvalue weighted by atomic mass is 19.2. The smallest absolute Gasteiger partial charge is 0.319 e. The summed E-state index contributed by atoms with van der Waals surface area (Å²) in [6, 6.07) is 7.79. The molecular formula is C20H21F2N3O2. The number of nitrogens with one attached hydrogen (secondary N) is 3. The van der Waals surface area contributed by atoms with Gasteiger partial charge in [-0.3, -0.25) is 4.79 Å². The van der Waals surface area contributed by atoms with Crippen LogP contribution in [-0.2, 0) is 0 Å². The van der Waals surface area contributed by atoms with Crippen LogP contribution in [0.15, 0.2) is 36.4 Å². The molecule has 2 aromatic carbocycles. The fourth-order valence-electron chi connectivity index (χ4n) is 2.61. The van der Waals surface area contributed by atoms with Gasteiger partial charge in [0.05, 0.1) is 6.04 Å². The molecule has 1 aliphatic rings. The van der Waals surface area contributed by atoms with Crippen molar-refractivity contribution in [3.8, 4) is 0 Å². The maximum atomic E-state index is 13.4. The van der Waals surface area contributed by atoms with Gasteiger partial charge in [-0.15, -0.1) is 0 Å². The number of anilines is 1. The van der Waals surface area contributed by atoms with E-state index < -0.39 is 23.7 Å². The molecule has 1 fully saturated rings. The second-order valence-corrected chi connectivity index (χ2v) is 6.77. The lowest BCUT2D eigenvalue weighted by atomic mass is 10.1. The first kappa shape index (κ1) is 18.8. The van der Waals surface area contributed by atoms with Crippen LogP contribution in [0.4, 0.5) is 19.3 Å². The van der Waals surface area contributed by atoms with Gasteiger partial charge < -0.3 is 16.0 Å². The maximum Gasteiger partial charge on any atom is 0.319 e. The minimum Gasteiger partial charge on any atom is -0.349 e. The zero-order valence-electron chi connectivity index (χ0n) is 15.1. The number of halogens is 2. The Bertz CT molecular complexity index is 882. The molecule has 0 aromatic heterocycles. The summed E-state index contributed by atoms with van der Waals surface area (Å²) in [7, 11) is 0. The van der Waals surface area contributed by atoms with Gasteiger partial charge in [0.15, 0.2) is 11.6 Å². The number of carbonyl (C=O) groups is 2. The number of amides is 3. The third-order valence-corrected chi connectivity index (χ3v) is 4.45. The molecular weight excluding hydrogens is 352 g/mol. The van der Waals surface area contributed by atoms with Gasteiger partial charge in [-0.25, -0.2) is 13.6 Å². The van der Waals surface area contributed by atoms with E-state index in [1.807, 2.05) is 6.92 Å². The summed E-state index contributed by atoms with van der Waals surface area (Å²) in [4.78, 5) is 24.4. The first-order chi connectivity index (χ1) is 12.8. The average Bonchev–Trinajstić information content (AvgIpc) is 3.43. The van der Waals surface area contributed by atoms with E-state index in [4.69, 9.17) is 0 Å². The van der Waals surface area contributed by atoms with Crippen molar-refractivity contribution in [3.63, 3.8) is 0 Å². The number of aryl methyl sites for hydroxylation is 1. The van der Waals surface area contributed by atoms with E-state index in [-0.39, 0.29) is 11.9 Å². The lowest BCUT2D eigenvalue weighted by Crippen LogP contribution is -2.31. The molecule has 1 aliphatic carbocycles. The monoisotopic (exact) mass is 373 g/mol. The summed E-state index contributed by atoms with van der Waals surface area (Å²) < 4.78 is 26.4. The van der Waals surface area contributed by atoms with Crippen LogP contribution in [0.25, 0.3) is 0 Å². The molecule has 2 aromatic rings. The molecule has 3 amide bonds. The van der Waals surface area contributed by atoms with Crippen LogP contribution in [0.2, 0.25) is 0 Å². The number of carbonyl (C=O) groups excluding carboxylic acids is 2. The molecule has 5 nitrogen and oxygen atoms in total.